The van der Waals surface area contributed by atoms with E-state index in [1.807, 2.05) is 9.80 Å². The number of ether oxygens (including phenoxy) is 4. The summed E-state index contributed by atoms with van der Waals surface area (Å²) in [6.45, 7) is 4.90. The van der Waals surface area contributed by atoms with Crippen LogP contribution in [0.15, 0.2) is 56.5 Å². The summed E-state index contributed by atoms with van der Waals surface area (Å²) in [6, 6.07) is 2.93. The van der Waals surface area contributed by atoms with Crippen LogP contribution in [0.4, 0.5) is 11.8 Å². The molecule has 0 saturated carbocycles. The highest BCUT2D eigenvalue weighted by atomic mass is 79.9. The third kappa shape index (κ3) is 8.82. The number of halogens is 1. The van der Waals surface area contributed by atoms with E-state index in [0.717, 1.165) is 34.0 Å². The molecule has 8 rings (SSSR count). The molecule has 4 N–H and O–H groups in total. The first-order chi connectivity index (χ1) is 26.9. The van der Waals surface area contributed by atoms with Gasteiger partial charge in [0.2, 0.25) is 10.9 Å². The predicted octanol–water partition coefficient (Wildman–Crippen LogP) is 4.29. The van der Waals surface area contributed by atoms with Gasteiger partial charge in [-0.15, -0.1) is 45.3 Å². The maximum Gasteiger partial charge on any atom is 0.493 e. The maximum absolute atomic E-state index is 12.5. The molecule has 296 valence electrons. The van der Waals surface area contributed by atoms with Gasteiger partial charge in [-0.2, -0.15) is 0 Å². The van der Waals surface area contributed by atoms with Crippen LogP contribution in [-0.4, -0.2) is 106 Å². The number of methoxy groups -OCH3 is 2. The van der Waals surface area contributed by atoms with Crippen LogP contribution < -0.4 is 26.1 Å². The van der Waals surface area contributed by atoms with Gasteiger partial charge in [0.15, 0.2) is 38.4 Å². The average molecular weight is 912 g/mol. The summed E-state index contributed by atoms with van der Waals surface area (Å²) < 4.78 is 32.8. The van der Waals surface area contributed by atoms with E-state index in [-0.39, 0.29) is 43.2 Å². The Morgan fingerprint density at radius 2 is 1.16 bits per heavy atom. The highest BCUT2D eigenvalue weighted by molar-refractivity contribution is 9.10. The molecule has 6 aromatic rings. The molecule has 8 heterocycles. The van der Waals surface area contributed by atoms with Crippen molar-refractivity contribution in [2.75, 3.05) is 76.6 Å². The van der Waals surface area contributed by atoms with Gasteiger partial charge >= 0.3 is 19.1 Å². The second-order valence-electron chi connectivity index (χ2n) is 11.7. The third-order valence-electron chi connectivity index (χ3n) is 8.33. The van der Waals surface area contributed by atoms with Crippen molar-refractivity contribution in [2.24, 2.45) is 0 Å². The molecule has 6 aromatic heterocycles. The van der Waals surface area contributed by atoms with Crippen molar-refractivity contribution < 1.29 is 57.6 Å². The van der Waals surface area contributed by atoms with Gasteiger partial charge in [0, 0.05) is 71.0 Å². The summed E-state index contributed by atoms with van der Waals surface area (Å²) in [5.74, 6) is -0.413. The molecular formula is C34H32BBrN2O14S4. The number of morpholine rings is 2. The van der Waals surface area contributed by atoms with Gasteiger partial charge in [0.25, 0.3) is 0 Å². The normalized spacial score (nSPS) is 14.2. The Bertz CT molecular complexity index is 2460. The lowest BCUT2D eigenvalue weighted by Gasteiger charge is -2.27. The van der Waals surface area contributed by atoms with Crippen molar-refractivity contribution in [1.82, 2.24) is 0 Å². The van der Waals surface area contributed by atoms with Gasteiger partial charge in [0.1, 0.15) is 15.1 Å². The van der Waals surface area contributed by atoms with Crippen LogP contribution in [0.3, 0.4) is 0 Å². The van der Waals surface area contributed by atoms with E-state index < -0.39 is 19.1 Å². The molecule has 56 heavy (non-hydrogen) atoms. The maximum atomic E-state index is 12.5. The predicted molar refractivity (Wildman–Crippen MR) is 218 cm³/mol. The summed E-state index contributed by atoms with van der Waals surface area (Å²) in [6.07, 6.45) is 0. The number of hydrogen-bond donors (Lipinski definition) is 4. The Morgan fingerprint density at radius 1 is 0.696 bits per heavy atom. The Kier molecular flexibility index (Phi) is 13.6. The monoisotopic (exact) mass is 910 g/mol. The molecule has 2 fully saturated rings. The van der Waals surface area contributed by atoms with Crippen LogP contribution in [0.1, 0.15) is 19.3 Å². The van der Waals surface area contributed by atoms with Crippen molar-refractivity contribution in [1.29, 1.82) is 0 Å². The van der Waals surface area contributed by atoms with Crippen LogP contribution in [-0.2, 0) is 18.9 Å². The van der Waals surface area contributed by atoms with Crippen LogP contribution in [0, 0.1) is 0 Å². The SMILES string of the molecule is COC(=O)c1scc(-c2csc3c(=O)cc(N4CCOCC4)oc23)c1O.COC(=O)c1scc(Br)c1O.O=c1cc(N2CCOCC2)oc2c(B(O)O)csc12. The molecule has 0 aromatic carbocycles. The minimum absolute atomic E-state index is 0.0538. The highest BCUT2D eigenvalue weighted by Crippen LogP contribution is 2.43. The number of carbonyl (C=O) groups is 2. The van der Waals surface area contributed by atoms with E-state index in [1.165, 1.54) is 43.1 Å². The number of hydrogen-bond acceptors (Lipinski definition) is 20. The van der Waals surface area contributed by atoms with E-state index in [4.69, 9.17) is 18.3 Å². The molecule has 16 nitrogen and oxygen atoms in total. The smallest absolute Gasteiger partial charge is 0.493 e. The molecule has 0 radical (unpaired) electrons. The zero-order valence-electron chi connectivity index (χ0n) is 29.5. The topological polar surface area (TPSA) is 219 Å². The summed E-state index contributed by atoms with van der Waals surface area (Å²) in [5, 5.41) is 44.7. The van der Waals surface area contributed by atoms with Gasteiger partial charge in [-0.3, -0.25) is 9.59 Å². The fourth-order valence-electron chi connectivity index (χ4n) is 5.47. The van der Waals surface area contributed by atoms with Crippen LogP contribution >= 0.6 is 61.3 Å². The highest BCUT2D eigenvalue weighted by Gasteiger charge is 2.25. The molecule has 0 spiro atoms. The first-order valence-electron chi connectivity index (χ1n) is 16.5. The minimum atomic E-state index is -1.64. The second-order valence-corrected chi connectivity index (χ2v) is 16.1. The molecule has 0 unspecified atom stereocenters. The van der Waals surface area contributed by atoms with Gasteiger partial charge in [-0.25, -0.2) is 9.59 Å². The molecule has 22 heteroatoms. The van der Waals surface area contributed by atoms with E-state index in [0.29, 0.717) is 95.0 Å². The zero-order chi connectivity index (χ0) is 40.1. The molecule has 2 aliphatic rings. The number of anilines is 2. The van der Waals surface area contributed by atoms with Gasteiger partial charge in [-0.1, -0.05) is 0 Å². The van der Waals surface area contributed by atoms with Crippen LogP contribution in [0.2, 0.25) is 0 Å². The van der Waals surface area contributed by atoms with Gasteiger partial charge in [-0.05, 0) is 21.3 Å². The van der Waals surface area contributed by atoms with Crippen molar-refractivity contribution >= 4 is 118 Å². The molecular weight excluding hydrogens is 879 g/mol. The number of rotatable bonds is 6. The Morgan fingerprint density at radius 3 is 1.66 bits per heavy atom. The van der Waals surface area contributed by atoms with Crippen LogP contribution in [0.25, 0.3) is 31.7 Å². The van der Waals surface area contributed by atoms with Gasteiger partial charge < -0.3 is 57.8 Å². The average Bonchev–Trinajstić information content (AvgIpc) is 4.01. The second kappa shape index (κ2) is 18.3. The van der Waals surface area contributed by atoms with E-state index in [9.17, 15) is 39.4 Å². The molecule has 0 bridgehead atoms. The number of esters is 2. The van der Waals surface area contributed by atoms with Crippen molar-refractivity contribution in [2.45, 2.75) is 0 Å². The number of aromatic hydroxyl groups is 2. The standard InChI is InChI=1S/C17H15NO6S2.C11H12BNO5S.C6H5BrO3S/c1-22-17(21)16-13(20)9(7-26-16)10-8-25-15-11(19)6-12(24-14(10)15)18-2-4-23-5-3-18;14-8-5-9(13-1-3-17-4-2-13)18-10-7(12(15)16)6-19-11(8)10;1-10-6(9)5-4(8)3(7)2-11-5/h6-8,20H,2-5H2,1H3;5-6,15-16H,1-4H2;2,8H,1H3. The van der Waals surface area contributed by atoms with E-state index in [2.05, 4.69) is 25.4 Å². The van der Waals surface area contributed by atoms with E-state index in [1.54, 1.807) is 16.1 Å². The Labute approximate surface area is 341 Å². The molecule has 2 aliphatic heterocycles. The first-order valence-corrected chi connectivity index (χ1v) is 20.8. The molecule has 0 atom stereocenters. The summed E-state index contributed by atoms with van der Waals surface area (Å²) >= 11 is 7.69. The molecule has 0 amide bonds. The molecule has 2 saturated heterocycles. The lowest BCUT2D eigenvalue weighted by molar-refractivity contribution is 0.0594. The Balaban J connectivity index is 0.000000155. The largest absolute Gasteiger partial charge is 0.505 e. The first kappa shape index (κ1) is 41.4. The summed E-state index contributed by atoms with van der Waals surface area (Å²) in [7, 11) is 0.890. The van der Waals surface area contributed by atoms with Crippen molar-refractivity contribution in [3.63, 3.8) is 0 Å². The Hall–Kier alpha value is -4.26. The lowest BCUT2D eigenvalue weighted by Crippen LogP contribution is -2.36. The fourth-order valence-corrected chi connectivity index (χ4v) is 9.51. The van der Waals surface area contributed by atoms with Crippen molar-refractivity contribution in [3.05, 3.63) is 68.3 Å². The van der Waals surface area contributed by atoms with Crippen LogP contribution in [0.5, 0.6) is 11.5 Å². The number of carbonyl (C=O) groups excluding carboxylic acids is 2. The molecule has 0 aliphatic carbocycles. The van der Waals surface area contributed by atoms with Crippen molar-refractivity contribution in [3.8, 4) is 22.6 Å². The number of fused-ring (bicyclic) bond motifs is 2. The van der Waals surface area contributed by atoms with Gasteiger partial charge in [0.05, 0.1) is 45.1 Å². The third-order valence-corrected chi connectivity index (χ3v) is 13.1. The quantitative estimate of drug-likeness (QED) is 0.135. The summed E-state index contributed by atoms with van der Waals surface area (Å²) in [5.41, 5.74) is 1.63. The fraction of sp³-hybridized carbons (Fsp3) is 0.294. The number of nitrogens with zero attached hydrogens (tertiary/aromatic N) is 2. The summed E-state index contributed by atoms with van der Waals surface area (Å²) in [4.78, 5) is 51.3. The minimum Gasteiger partial charge on any atom is -0.505 e. The zero-order valence-corrected chi connectivity index (χ0v) is 34.3. The lowest BCUT2D eigenvalue weighted by atomic mass is 9.82. The van der Waals surface area contributed by atoms with E-state index >= 15 is 0 Å². The number of thiophene rings is 4.